The van der Waals surface area contributed by atoms with E-state index in [1.165, 1.54) is 5.56 Å². The normalized spacial score (nSPS) is 26.0. The quantitative estimate of drug-likeness (QED) is 0.564. The van der Waals surface area contributed by atoms with Gasteiger partial charge in [-0.1, -0.05) is 17.7 Å². The molecule has 3 heterocycles. The fourth-order valence-electron chi connectivity index (χ4n) is 6.42. The maximum atomic E-state index is 13.0. The standard InChI is InChI=1S/C31H37N3O5/c1-20-5-8-23(9-6-20)38-25-3-2-4-26(18-25)39-24-13-15-33(16-14-24)22-7-10-27-21(17-22)19-34(31(27)37)28-11-12-29(35)32-30(28)36/h5-10,17,24-26,28H,2-4,11-16,18-19H2,1H3,(H,32,35,36). The second-order valence-electron chi connectivity index (χ2n) is 11.4. The van der Waals surface area contributed by atoms with Crippen LogP contribution in [0, 0.1) is 6.92 Å². The summed E-state index contributed by atoms with van der Waals surface area (Å²) in [5.41, 5.74) is 3.94. The Bertz CT molecular complexity index is 1240. The summed E-state index contributed by atoms with van der Waals surface area (Å²) >= 11 is 0. The van der Waals surface area contributed by atoms with Crippen LogP contribution in [0.25, 0.3) is 0 Å². The van der Waals surface area contributed by atoms with Gasteiger partial charge in [0.05, 0.1) is 12.2 Å². The zero-order valence-electron chi connectivity index (χ0n) is 22.6. The van der Waals surface area contributed by atoms with Gasteiger partial charge in [0, 0.05) is 43.7 Å². The number of aryl methyl sites for hydroxylation is 1. The molecule has 0 radical (unpaired) electrons. The Hall–Kier alpha value is -3.39. The fraction of sp³-hybridized carbons (Fsp3) is 0.516. The first kappa shape index (κ1) is 25.9. The van der Waals surface area contributed by atoms with Gasteiger partial charge < -0.3 is 19.3 Å². The van der Waals surface area contributed by atoms with Crippen molar-refractivity contribution in [1.82, 2.24) is 10.2 Å². The average Bonchev–Trinajstić information content (AvgIpc) is 3.26. The molecule has 2 aromatic rings. The second kappa shape index (κ2) is 11.0. The minimum Gasteiger partial charge on any atom is -0.490 e. The molecule has 4 aliphatic rings. The summed E-state index contributed by atoms with van der Waals surface area (Å²) in [5, 5.41) is 2.37. The van der Waals surface area contributed by atoms with Crippen molar-refractivity contribution in [2.45, 2.75) is 89.2 Å². The first-order valence-electron chi connectivity index (χ1n) is 14.3. The second-order valence-corrected chi connectivity index (χ2v) is 11.4. The van der Waals surface area contributed by atoms with Crippen LogP contribution in [0.1, 0.15) is 72.9 Å². The van der Waals surface area contributed by atoms with Gasteiger partial charge in [0.15, 0.2) is 0 Å². The molecule has 6 rings (SSSR count). The van der Waals surface area contributed by atoms with Crippen molar-refractivity contribution in [1.29, 1.82) is 0 Å². The number of piperidine rings is 2. The lowest BCUT2D eigenvalue weighted by molar-refractivity contribution is -0.136. The largest absolute Gasteiger partial charge is 0.490 e. The average molecular weight is 532 g/mol. The molecule has 3 unspecified atom stereocenters. The number of ether oxygens (including phenoxy) is 2. The number of rotatable bonds is 6. The molecular weight excluding hydrogens is 494 g/mol. The predicted octanol–water partition coefficient (Wildman–Crippen LogP) is 4.13. The van der Waals surface area contributed by atoms with Gasteiger partial charge in [-0.3, -0.25) is 19.7 Å². The van der Waals surface area contributed by atoms with E-state index in [-0.39, 0.29) is 42.5 Å². The molecule has 0 bridgehead atoms. The molecule has 2 aromatic carbocycles. The number of benzene rings is 2. The summed E-state index contributed by atoms with van der Waals surface area (Å²) in [6.45, 7) is 4.30. The van der Waals surface area contributed by atoms with Gasteiger partial charge in [0.1, 0.15) is 17.9 Å². The van der Waals surface area contributed by atoms with Gasteiger partial charge in [-0.15, -0.1) is 0 Å². The van der Waals surface area contributed by atoms with E-state index in [0.29, 0.717) is 18.5 Å². The van der Waals surface area contributed by atoms with Crippen molar-refractivity contribution in [3.8, 4) is 5.75 Å². The molecule has 0 aromatic heterocycles. The summed E-state index contributed by atoms with van der Waals surface area (Å²) in [6.07, 6.45) is 7.53. The van der Waals surface area contributed by atoms with E-state index in [1.54, 1.807) is 4.90 Å². The van der Waals surface area contributed by atoms with Crippen LogP contribution in [0.15, 0.2) is 42.5 Å². The van der Waals surface area contributed by atoms with E-state index in [0.717, 1.165) is 68.6 Å². The van der Waals surface area contributed by atoms with Crippen molar-refractivity contribution in [3.63, 3.8) is 0 Å². The third-order valence-corrected chi connectivity index (χ3v) is 8.60. The number of anilines is 1. The van der Waals surface area contributed by atoms with Crippen molar-refractivity contribution in [3.05, 3.63) is 59.2 Å². The molecule has 39 heavy (non-hydrogen) atoms. The van der Waals surface area contributed by atoms with E-state index in [2.05, 4.69) is 47.5 Å². The van der Waals surface area contributed by atoms with Crippen molar-refractivity contribution in [2.75, 3.05) is 18.0 Å². The fourth-order valence-corrected chi connectivity index (χ4v) is 6.42. The summed E-state index contributed by atoms with van der Waals surface area (Å²) in [4.78, 5) is 40.8. The van der Waals surface area contributed by atoms with Crippen LogP contribution in [-0.4, -0.2) is 60.1 Å². The summed E-state index contributed by atoms with van der Waals surface area (Å²) in [6, 6.07) is 13.7. The van der Waals surface area contributed by atoms with Crippen molar-refractivity contribution < 1.29 is 23.9 Å². The van der Waals surface area contributed by atoms with Crippen LogP contribution in [0.3, 0.4) is 0 Å². The molecule has 0 spiro atoms. The van der Waals surface area contributed by atoms with Crippen LogP contribution in [0.5, 0.6) is 5.75 Å². The number of nitrogens with one attached hydrogen (secondary N) is 1. The number of fused-ring (bicyclic) bond motifs is 1. The summed E-state index contributed by atoms with van der Waals surface area (Å²) in [7, 11) is 0. The van der Waals surface area contributed by atoms with Gasteiger partial charge >= 0.3 is 0 Å². The number of carbonyl (C=O) groups is 3. The first-order valence-corrected chi connectivity index (χ1v) is 14.3. The number of imide groups is 1. The van der Waals surface area contributed by atoms with Crippen molar-refractivity contribution in [2.24, 2.45) is 0 Å². The van der Waals surface area contributed by atoms with E-state index in [1.807, 2.05) is 12.1 Å². The molecule has 1 saturated carbocycles. The Kier molecular flexibility index (Phi) is 7.30. The highest BCUT2D eigenvalue weighted by molar-refractivity contribution is 6.05. The van der Waals surface area contributed by atoms with E-state index >= 15 is 0 Å². The van der Waals surface area contributed by atoms with Gasteiger partial charge in [-0.25, -0.2) is 0 Å². The lowest BCUT2D eigenvalue weighted by atomic mass is 9.94. The number of carbonyl (C=O) groups excluding carboxylic acids is 3. The molecule has 3 atom stereocenters. The Morgan fingerprint density at radius 2 is 1.64 bits per heavy atom. The molecular formula is C31H37N3O5. The van der Waals surface area contributed by atoms with E-state index in [4.69, 9.17) is 9.47 Å². The SMILES string of the molecule is Cc1ccc(OC2CCCC(OC3CCN(c4ccc5c(c4)CN(C4CCC(=O)NC4=O)C5=O)CC3)C2)cc1. The molecule has 8 heteroatoms. The zero-order valence-corrected chi connectivity index (χ0v) is 22.6. The maximum Gasteiger partial charge on any atom is 0.255 e. The topological polar surface area (TPSA) is 88.2 Å². The highest BCUT2D eigenvalue weighted by Crippen LogP contribution is 2.33. The monoisotopic (exact) mass is 531 g/mol. The third kappa shape index (κ3) is 5.66. The lowest BCUT2D eigenvalue weighted by Gasteiger charge is -2.37. The molecule has 1 N–H and O–H groups in total. The Balaban J connectivity index is 1.01. The Labute approximate surface area is 229 Å². The van der Waals surface area contributed by atoms with Crippen LogP contribution in [0.4, 0.5) is 5.69 Å². The highest BCUT2D eigenvalue weighted by atomic mass is 16.5. The molecule has 3 fully saturated rings. The predicted molar refractivity (Wildman–Crippen MR) is 147 cm³/mol. The van der Waals surface area contributed by atoms with Crippen LogP contribution in [-0.2, 0) is 20.9 Å². The van der Waals surface area contributed by atoms with E-state index < -0.39 is 6.04 Å². The van der Waals surface area contributed by atoms with Gasteiger partial charge in [0.2, 0.25) is 11.8 Å². The smallest absolute Gasteiger partial charge is 0.255 e. The molecule has 3 amide bonds. The number of amides is 3. The van der Waals surface area contributed by atoms with Gasteiger partial charge in [-0.05, 0) is 81.3 Å². The van der Waals surface area contributed by atoms with Gasteiger partial charge in [-0.2, -0.15) is 0 Å². The summed E-state index contributed by atoms with van der Waals surface area (Å²) in [5.74, 6) is 0.167. The number of nitrogens with zero attached hydrogens (tertiary/aromatic N) is 2. The van der Waals surface area contributed by atoms with Crippen molar-refractivity contribution >= 4 is 23.4 Å². The van der Waals surface area contributed by atoms with Crippen LogP contribution < -0.4 is 15.0 Å². The third-order valence-electron chi connectivity index (χ3n) is 8.60. The molecule has 8 nitrogen and oxygen atoms in total. The van der Waals surface area contributed by atoms with E-state index in [9.17, 15) is 14.4 Å². The summed E-state index contributed by atoms with van der Waals surface area (Å²) < 4.78 is 12.8. The first-order chi connectivity index (χ1) is 18.9. The lowest BCUT2D eigenvalue weighted by Crippen LogP contribution is -2.52. The van der Waals surface area contributed by atoms with Gasteiger partial charge in [0.25, 0.3) is 5.91 Å². The number of hydrogen-bond acceptors (Lipinski definition) is 6. The Morgan fingerprint density at radius 3 is 2.41 bits per heavy atom. The molecule has 1 aliphatic carbocycles. The molecule has 3 aliphatic heterocycles. The van der Waals surface area contributed by atoms with Crippen LogP contribution >= 0.6 is 0 Å². The minimum absolute atomic E-state index is 0.129. The molecule has 2 saturated heterocycles. The Morgan fingerprint density at radius 1 is 0.872 bits per heavy atom. The minimum atomic E-state index is -0.583. The zero-order chi connectivity index (χ0) is 26.9. The van der Waals surface area contributed by atoms with Crippen LogP contribution in [0.2, 0.25) is 0 Å². The highest BCUT2D eigenvalue weighted by Gasteiger charge is 2.39. The maximum absolute atomic E-state index is 13.0. The number of hydrogen-bond donors (Lipinski definition) is 1. The molecule has 206 valence electrons.